The van der Waals surface area contributed by atoms with Gasteiger partial charge in [-0.2, -0.15) is 0 Å². The Kier molecular flexibility index (Phi) is 4.50. The van der Waals surface area contributed by atoms with Crippen LogP contribution in [0.2, 0.25) is 0 Å². The number of nitrogens with one attached hydrogen (secondary N) is 2. The predicted octanol–water partition coefficient (Wildman–Crippen LogP) is 4.41. The zero-order valence-electron chi connectivity index (χ0n) is 16.1. The van der Waals surface area contributed by atoms with Crippen LogP contribution in [-0.2, 0) is 5.72 Å². The largest absolute Gasteiger partial charge is 0.465 e. The molecule has 4 N–H and O–H groups in total. The number of imidazole rings is 1. The van der Waals surface area contributed by atoms with Crippen molar-refractivity contribution in [2.75, 3.05) is 10.2 Å². The lowest BCUT2D eigenvalue weighted by Gasteiger charge is -2.35. The lowest BCUT2D eigenvalue weighted by Crippen LogP contribution is -2.45. The normalized spacial score (nSPS) is 17.6. The fourth-order valence-corrected chi connectivity index (χ4v) is 4.34. The highest BCUT2D eigenvalue weighted by molar-refractivity contribution is 9.10. The van der Waals surface area contributed by atoms with Gasteiger partial charge in [-0.05, 0) is 46.3 Å². The second-order valence-electron chi connectivity index (χ2n) is 7.18. The zero-order valence-corrected chi connectivity index (χ0v) is 17.7. The Balaban J connectivity index is 1.74. The van der Waals surface area contributed by atoms with Crippen molar-refractivity contribution >= 4 is 50.6 Å². The first-order chi connectivity index (χ1) is 15.3. The Bertz CT molecular complexity index is 1420. The summed E-state index contributed by atoms with van der Waals surface area (Å²) in [6.07, 6.45) is -1.28. The third-order valence-electron chi connectivity index (χ3n) is 5.34. The number of aromatic amines is 1. The fraction of sp³-hybridized carbons (Fsp3) is 0.0455. The first kappa shape index (κ1) is 20.2. The van der Waals surface area contributed by atoms with E-state index in [1.165, 1.54) is 12.1 Å². The topological polar surface area (TPSA) is 119 Å². The summed E-state index contributed by atoms with van der Waals surface area (Å²) in [6.45, 7) is 0. The number of carbonyl (C=O) groups excluding carboxylic acids is 1. The van der Waals surface area contributed by atoms with E-state index in [0.29, 0.717) is 16.6 Å². The van der Waals surface area contributed by atoms with Crippen LogP contribution in [0.15, 0.2) is 65.1 Å². The lowest BCUT2D eigenvalue weighted by molar-refractivity contribution is 0.0699. The summed E-state index contributed by atoms with van der Waals surface area (Å²) >= 11 is 3.13. The van der Waals surface area contributed by atoms with E-state index in [2.05, 4.69) is 31.2 Å². The van der Waals surface area contributed by atoms with Gasteiger partial charge in [-0.1, -0.05) is 30.3 Å². The molecule has 3 aromatic carbocycles. The van der Waals surface area contributed by atoms with Crippen molar-refractivity contribution in [2.45, 2.75) is 5.72 Å². The third-order valence-corrected chi connectivity index (χ3v) is 5.95. The number of aliphatic hydroxyl groups is 1. The van der Waals surface area contributed by atoms with Crippen molar-refractivity contribution < 1.29 is 24.2 Å². The molecule has 160 valence electrons. The molecule has 8 nitrogen and oxygen atoms in total. The summed E-state index contributed by atoms with van der Waals surface area (Å²) < 4.78 is 15.2. The summed E-state index contributed by atoms with van der Waals surface area (Å²) in [4.78, 5) is 32.2. The molecule has 5 rings (SSSR count). The van der Waals surface area contributed by atoms with Gasteiger partial charge in [0.15, 0.2) is 11.5 Å². The van der Waals surface area contributed by atoms with E-state index in [4.69, 9.17) is 5.11 Å². The number of benzene rings is 3. The van der Waals surface area contributed by atoms with Gasteiger partial charge in [0, 0.05) is 16.7 Å². The number of aromatic nitrogens is 2. The first-order valence-corrected chi connectivity index (χ1v) is 10.2. The number of hydrogen-bond donors (Lipinski definition) is 4. The second-order valence-corrected chi connectivity index (χ2v) is 8.03. The number of amides is 2. The number of fused-ring (bicyclic) bond motifs is 2. The fourth-order valence-electron chi connectivity index (χ4n) is 3.98. The number of nitrogens with zero attached hydrogens (tertiary/aromatic N) is 2. The van der Waals surface area contributed by atoms with Crippen molar-refractivity contribution in [3.63, 3.8) is 0 Å². The molecule has 0 spiro atoms. The van der Waals surface area contributed by atoms with Gasteiger partial charge in [0.2, 0.25) is 5.95 Å². The van der Waals surface area contributed by atoms with E-state index < -0.39 is 23.5 Å². The Labute approximate surface area is 188 Å². The maximum atomic E-state index is 15.1. The Morgan fingerprint density at radius 1 is 1.16 bits per heavy atom. The van der Waals surface area contributed by atoms with Crippen LogP contribution in [-0.4, -0.2) is 32.2 Å². The molecule has 2 amide bonds. The number of hydrogen-bond acceptors (Lipinski definition) is 4. The quantitative estimate of drug-likeness (QED) is 0.335. The summed E-state index contributed by atoms with van der Waals surface area (Å²) in [6, 6.07) is 15.7. The summed E-state index contributed by atoms with van der Waals surface area (Å²) in [5, 5.41) is 23.0. The van der Waals surface area contributed by atoms with E-state index in [9.17, 15) is 14.7 Å². The summed E-state index contributed by atoms with van der Waals surface area (Å²) in [5.74, 6) is -1.24. The predicted molar refractivity (Wildman–Crippen MR) is 118 cm³/mol. The molecule has 1 unspecified atom stereocenters. The number of rotatable bonds is 3. The van der Waals surface area contributed by atoms with Crippen molar-refractivity contribution in [3.8, 4) is 0 Å². The number of carbonyl (C=O) groups is 2. The maximum Gasteiger partial charge on any atom is 0.411 e. The Morgan fingerprint density at radius 2 is 1.94 bits per heavy atom. The molecule has 32 heavy (non-hydrogen) atoms. The van der Waals surface area contributed by atoms with Crippen LogP contribution < -0.4 is 10.2 Å². The highest BCUT2D eigenvalue weighted by Crippen LogP contribution is 2.46. The van der Waals surface area contributed by atoms with Crippen molar-refractivity contribution in [1.82, 2.24) is 9.97 Å². The Morgan fingerprint density at radius 3 is 2.72 bits per heavy atom. The first-order valence-electron chi connectivity index (χ1n) is 9.41. The lowest BCUT2D eigenvalue weighted by atomic mass is 9.93. The smallest absolute Gasteiger partial charge is 0.411 e. The molecule has 0 aliphatic carbocycles. The number of anilines is 2. The number of H-pyrrole nitrogens is 1. The van der Waals surface area contributed by atoms with Gasteiger partial charge in [0.05, 0.1) is 21.2 Å². The van der Waals surface area contributed by atoms with E-state index in [0.717, 1.165) is 4.90 Å². The molecular formula is C22H14BrFN4O4. The maximum absolute atomic E-state index is 15.1. The molecule has 2 heterocycles. The van der Waals surface area contributed by atoms with E-state index >= 15 is 4.39 Å². The minimum Gasteiger partial charge on any atom is -0.465 e. The van der Waals surface area contributed by atoms with Gasteiger partial charge in [-0.15, -0.1) is 0 Å². The summed E-state index contributed by atoms with van der Waals surface area (Å²) in [7, 11) is 0. The molecule has 10 heteroatoms. The molecule has 0 radical (unpaired) electrons. The number of carboxylic acid groups (broad SMARTS) is 1. The van der Waals surface area contributed by atoms with Crippen LogP contribution in [0, 0.1) is 5.82 Å². The van der Waals surface area contributed by atoms with E-state index in [1.807, 2.05) is 0 Å². The molecule has 0 saturated carbocycles. The van der Waals surface area contributed by atoms with E-state index in [-0.39, 0.29) is 27.2 Å². The van der Waals surface area contributed by atoms with Gasteiger partial charge in [0.1, 0.15) is 0 Å². The molecule has 1 atom stereocenters. The van der Waals surface area contributed by atoms with Gasteiger partial charge < -0.3 is 15.2 Å². The molecule has 1 aliphatic rings. The van der Waals surface area contributed by atoms with Crippen LogP contribution in [0.4, 0.5) is 20.8 Å². The Hall–Kier alpha value is -3.76. The molecule has 0 fully saturated rings. The molecule has 4 aromatic rings. The SMILES string of the molecule is O=C(O)Nc1nc2ccc(C3(O)c4ccccc4C(=O)N3c3cccc(Br)c3F)cc2[nH]1. The second kappa shape index (κ2) is 7.14. The van der Waals surface area contributed by atoms with Crippen LogP contribution in [0.1, 0.15) is 21.5 Å². The number of halogens is 2. The molecule has 0 bridgehead atoms. The van der Waals surface area contributed by atoms with Gasteiger partial charge in [-0.25, -0.2) is 14.2 Å². The highest BCUT2D eigenvalue weighted by Gasteiger charge is 2.51. The summed E-state index contributed by atoms with van der Waals surface area (Å²) in [5.41, 5.74) is -0.437. The van der Waals surface area contributed by atoms with Crippen LogP contribution in [0.25, 0.3) is 11.0 Å². The van der Waals surface area contributed by atoms with E-state index in [1.54, 1.807) is 48.5 Å². The minimum atomic E-state index is -2.02. The van der Waals surface area contributed by atoms with Crippen molar-refractivity contribution in [1.29, 1.82) is 0 Å². The highest BCUT2D eigenvalue weighted by atomic mass is 79.9. The van der Waals surface area contributed by atoms with Crippen LogP contribution in [0.5, 0.6) is 0 Å². The average Bonchev–Trinajstić information content (AvgIpc) is 3.26. The zero-order chi connectivity index (χ0) is 22.6. The van der Waals surface area contributed by atoms with Gasteiger partial charge in [-0.3, -0.25) is 15.0 Å². The molecule has 1 aliphatic heterocycles. The standard InChI is InChI=1S/C22H14BrFN4O4/c23-14-6-3-7-17(18(14)24)28-19(29)12-4-1-2-5-13(12)22(28,32)11-8-9-15-16(10-11)26-20(25-15)27-21(30)31/h1-10,32H,(H,30,31)(H2,25,26,27). The molecule has 0 saturated heterocycles. The monoisotopic (exact) mass is 496 g/mol. The third kappa shape index (κ3) is 2.88. The van der Waals surface area contributed by atoms with Crippen LogP contribution in [0.3, 0.4) is 0 Å². The van der Waals surface area contributed by atoms with Gasteiger partial charge >= 0.3 is 6.09 Å². The van der Waals surface area contributed by atoms with Crippen molar-refractivity contribution in [3.05, 3.63) is 87.6 Å². The molecule has 1 aromatic heterocycles. The van der Waals surface area contributed by atoms with Crippen LogP contribution >= 0.6 is 15.9 Å². The average molecular weight is 497 g/mol. The van der Waals surface area contributed by atoms with Crippen molar-refractivity contribution in [2.24, 2.45) is 0 Å². The minimum absolute atomic E-state index is 0.00873. The van der Waals surface area contributed by atoms with Gasteiger partial charge in [0.25, 0.3) is 5.91 Å². The molecular weight excluding hydrogens is 483 g/mol.